The first-order valence-corrected chi connectivity index (χ1v) is 8.22. The number of rotatable bonds is 3. The second-order valence-electron chi connectivity index (χ2n) is 7.33. The van der Waals surface area contributed by atoms with E-state index in [2.05, 4.69) is 4.90 Å². The molecule has 0 atom stereocenters. The zero-order chi connectivity index (χ0) is 16.7. The predicted molar refractivity (Wildman–Crippen MR) is 88.2 cm³/mol. The van der Waals surface area contributed by atoms with Gasteiger partial charge in [0, 0.05) is 25.2 Å². The average Bonchev–Trinajstić information content (AvgIpc) is 2.71. The Morgan fingerprint density at radius 1 is 1.09 bits per heavy atom. The highest BCUT2D eigenvalue weighted by Gasteiger charge is 2.51. The van der Waals surface area contributed by atoms with Crippen LogP contribution in [0.15, 0.2) is 18.2 Å². The lowest BCUT2D eigenvalue weighted by Crippen LogP contribution is -2.41. The van der Waals surface area contributed by atoms with Gasteiger partial charge < -0.3 is 14.0 Å². The fraction of sp³-hybridized carbons (Fsp3) is 0.647. The van der Waals surface area contributed by atoms with Gasteiger partial charge in [0.05, 0.1) is 24.4 Å². The van der Waals surface area contributed by atoms with E-state index in [0.717, 1.165) is 18.6 Å². The lowest BCUT2D eigenvalue weighted by molar-refractivity contribution is 0.00578. The van der Waals surface area contributed by atoms with Crippen molar-refractivity contribution in [3.05, 3.63) is 29.6 Å². The summed E-state index contributed by atoms with van der Waals surface area (Å²) in [5.74, 6) is -0.184. The van der Waals surface area contributed by atoms with Gasteiger partial charge in [0.25, 0.3) is 0 Å². The zero-order valence-electron chi connectivity index (χ0n) is 14.4. The van der Waals surface area contributed by atoms with E-state index in [1.165, 1.54) is 6.07 Å². The Kier molecular flexibility index (Phi) is 4.53. The molecular formula is C17H25BFNO3. The van der Waals surface area contributed by atoms with Crippen LogP contribution in [0.5, 0.6) is 0 Å². The molecular weight excluding hydrogens is 296 g/mol. The highest BCUT2D eigenvalue weighted by molar-refractivity contribution is 6.62. The molecule has 2 heterocycles. The molecule has 4 nitrogen and oxygen atoms in total. The Morgan fingerprint density at radius 2 is 1.70 bits per heavy atom. The van der Waals surface area contributed by atoms with Crippen LogP contribution in [0.4, 0.5) is 4.39 Å². The lowest BCUT2D eigenvalue weighted by Gasteiger charge is -2.32. The fourth-order valence-electron chi connectivity index (χ4n) is 2.84. The number of nitrogens with zero attached hydrogens (tertiary/aromatic N) is 1. The number of ether oxygens (including phenoxy) is 1. The van der Waals surface area contributed by atoms with E-state index in [9.17, 15) is 4.39 Å². The van der Waals surface area contributed by atoms with Crippen LogP contribution in [0.3, 0.4) is 0 Å². The van der Waals surface area contributed by atoms with Crippen molar-refractivity contribution in [3.63, 3.8) is 0 Å². The Labute approximate surface area is 138 Å². The van der Waals surface area contributed by atoms with E-state index in [0.29, 0.717) is 25.3 Å². The minimum absolute atomic E-state index is 0.184. The van der Waals surface area contributed by atoms with Gasteiger partial charge in [0.15, 0.2) is 0 Å². The summed E-state index contributed by atoms with van der Waals surface area (Å²) in [7, 11) is -0.455. The SMILES string of the molecule is CC1(C)OB(c2ccc(F)c(CN3CCOCC3)c2)OC1(C)C. The number of halogens is 1. The summed E-state index contributed by atoms with van der Waals surface area (Å²) in [6, 6.07) is 5.13. The molecule has 0 unspecified atom stereocenters. The molecule has 0 radical (unpaired) electrons. The molecule has 2 saturated heterocycles. The number of hydrogen-bond donors (Lipinski definition) is 0. The molecule has 0 amide bonds. The van der Waals surface area contributed by atoms with Crippen molar-refractivity contribution in [3.8, 4) is 0 Å². The van der Waals surface area contributed by atoms with Crippen molar-refractivity contribution in [2.24, 2.45) is 0 Å². The minimum atomic E-state index is -0.455. The third-order valence-electron chi connectivity index (χ3n) is 5.09. The predicted octanol–water partition coefficient (Wildman–Crippen LogP) is 1.96. The maximum atomic E-state index is 14.2. The second-order valence-corrected chi connectivity index (χ2v) is 7.33. The first kappa shape index (κ1) is 16.9. The standard InChI is InChI=1S/C17H25BFNO3/c1-16(2)17(3,4)23-18(22-16)14-5-6-15(19)13(11-14)12-20-7-9-21-10-8-20/h5-6,11H,7-10,12H2,1-4H3. The number of benzene rings is 1. The summed E-state index contributed by atoms with van der Waals surface area (Å²) in [4.78, 5) is 2.20. The topological polar surface area (TPSA) is 30.9 Å². The molecule has 2 fully saturated rings. The van der Waals surface area contributed by atoms with Crippen LogP contribution in [0, 0.1) is 5.82 Å². The summed E-state index contributed by atoms with van der Waals surface area (Å²) in [6.07, 6.45) is 0. The first-order chi connectivity index (χ1) is 10.8. The van der Waals surface area contributed by atoms with Crippen LogP contribution in [-0.4, -0.2) is 49.5 Å². The van der Waals surface area contributed by atoms with Crippen molar-refractivity contribution in [2.75, 3.05) is 26.3 Å². The van der Waals surface area contributed by atoms with Crippen LogP contribution in [0.2, 0.25) is 0 Å². The van der Waals surface area contributed by atoms with E-state index >= 15 is 0 Å². The van der Waals surface area contributed by atoms with Gasteiger partial charge in [-0.1, -0.05) is 12.1 Å². The van der Waals surface area contributed by atoms with Gasteiger partial charge in [-0.05, 0) is 39.2 Å². The smallest absolute Gasteiger partial charge is 0.399 e. The molecule has 23 heavy (non-hydrogen) atoms. The van der Waals surface area contributed by atoms with Gasteiger partial charge in [-0.3, -0.25) is 4.90 Å². The van der Waals surface area contributed by atoms with E-state index in [1.807, 2.05) is 33.8 Å². The Bertz CT molecular complexity index is 557. The monoisotopic (exact) mass is 321 g/mol. The average molecular weight is 321 g/mol. The lowest BCUT2D eigenvalue weighted by atomic mass is 9.78. The highest BCUT2D eigenvalue weighted by atomic mass is 19.1. The van der Waals surface area contributed by atoms with Crippen LogP contribution in [0.1, 0.15) is 33.3 Å². The van der Waals surface area contributed by atoms with E-state index < -0.39 is 18.3 Å². The van der Waals surface area contributed by atoms with Crippen LogP contribution >= 0.6 is 0 Å². The Morgan fingerprint density at radius 3 is 2.30 bits per heavy atom. The molecule has 1 aromatic rings. The molecule has 0 aromatic heterocycles. The molecule has 0 spiro atoms. The molecule has 2 aliphatic heterocycles. The fourth-order valence-corrected chi connectivity index (χ4v) is 2.84. The van der Waals surface area contributed by atoms with Gasteiger partial charge >= 0.3 is 7.12 Å². The molecule has 126 valence electrons. The van der Waals surface area contributed by atoms with Gasteiger partial charge in [-0.2, -0.15) is 0 Å². The van der Waals surface area contributed by atoms with Crippen LogP contribution < -0.4 is 5.46 Å². The largest absolute Gasteiger partial charge is 0.494 e. The summed E-state index contributed by atoms with van der Waals surface area (Å²) in [5.41, 5.74) is 0.764. The third kappa shape index (κ3) is 3.45. The van der Waals surface area contributed by atoms with Gasteiger partial charge in [0.2, 0.25) is 0 Å². The molecule has 0 bridgehead atoms. The number of hydrogen-bond acceptors (Lipinski definition) is 4. The van der Waals surface area contributed by atoms with Crippen molar-refractivity contribution in [2.45, 2.75) is 45.4 Å². The van der Waals surface area contributed by atoms with Crippen LogP contribution in [-0.2, 0) is 20.6 Å². The zero-order valence-corrected chi connectivity index (χ0v) is 14.4. The molecule has 3 rings (SSSR count). The van der Waals surface area contributed by atoms with E-state index in [4.69, 9.17) is 14.0 Å². The van der Waals surface area contributed by atoms with Crippen molar-refractivity contribution < 1.29 is 18.4 Å². The molecule has 0 N–H and O–H groups in total. The molecule has 6 heteroatoms. The number of morpholine rings is 1. The summed E-state index contributed by atoms with van der Waals surface area (Å²) >= 11 is 0. The van der Waals surface area contributed by atoms with Crippen molar-refractivity contribution in [1.82, 2.24) is 4.90 Å². The van der Waals surface area contributed by atoms with Crippen molar-refractivity contribution >= 4 is 12.6 Å². The minimum Gasteiger partial charge on any atom is -0.399 e. The summed E-state index contributed by atoms with van der Waals surface area (Å²) in [6.45, 7) is 11.7. The van der Waals surface area contributed by atoms with Gasteiger partial charge in [0.1, 0.15) is 5.82 Å². The Hall–Kier alpha value is -0.945. The normalized spacial score (nSPS) is 24.1. The third-order valence-corrected chi connectivity index (χ3v) is 5.09. The van der Waals surface area contributed by atoms with E-state index in [1.54, 1.807) is 6.07 Å². The van der Waals surface area contributed by atoms with Gasteiger partial charge in [-0.15, -0.1) is 0 Å². The molecule has 0 saturated carbocycles. The second kappa shape index (κ2) is 6.17. The van der Waals surface area contributed by atoms with Gasteiger partial charge in [-0.25, -0.2) is 4.39 Å². The van der Waals surface area contributed by atoms with E-state index in [-0.39, 0.29) is 5.82 Å². The highest BCUT2D eigenvalue weighted by Crippen LogP contribution is 2.36. The van der Waals surface area contributed by atoms with Crippen molar-refractivity contribution in [1.29, 1.82) is 0 Å². The maximum Gasteiger partial charge on any atom is 0.494 e. The van der Waals surface area contributed by atoms with Crippen LogP contribution in [0.25, 0.3) is 0 Å². The Balaban J connectivity index is 1.78. The molecule has 2 aliphatic rings. The first-order valence-electron chi connectivity index (χ1n) is 8.22. The molecule has 1 aromatic carbocycles. The summed E-state index contributed by atoms with van der Waals surface area (Å²) in [5, 5.41) is 0. The quantitative estimate of drug-likeness (QED) is 0.797. The summed E-state index contributed by atoms with van der Waals surface area (Å²) < 4.78 is 31.6. The maximum absolute atomic E-state index is 14.2. The molecule has 0 aliphatic carbocycles.